The van der Waals surface area contributed by atoms with E-state index >= 15 is 0 Å². The van der Waals surface area contributed by atoms with Gasteiger partial charge in [-0.1, -0.05) is 12.1 Å². The van der Waals surface area contributed by atoms with E-state index in [1.807, 2.05) is 0 Å². The lowest BCUT2D eigenvalue weighted by Gasteiger charge is -2.10. The van der Waals surface area contributed by atoms with Crippen molar-refractivity contribution in [3.8, 4) is 17.1 Å². The summed E-state index contributed by atoms with van der Waals surface area (Å²) in [5.74, 6) is 1.01. The number of para-hydroxylation sites is 2. The van der Waals surface area contributed by atoms with Crippen LogP contribution in [0.2, 0.25) is 0 Å². The van der Waals surface area contributed by atoms with E-state index in [9.17, 15) is 19.2 Å². The van der Waals surface area contributed by atoms with Gasteiger partial charge in [-0.05, 0) is 43.3 Å². The van der Waals surface area contributed by atoms with Crippen LogP contribution in [0.4, 0.5) is 0 Å². The van der Waals surface area contributed by atoms with Crippen LogP contribution in [0.15, 0.2) is 77.8 Å². The van der Waals surface area contributed by atoms with Crippen LogP contribution in [0.5, 0.6) is 5.75 Å². The number of nitrogens with one attached hydrogen (secondary N) is 2. The molecule has 1 amide bonds. The van der Waals surface area contributed by atoms with Crippen LogP contribution in [0.1, 0.15) is 11.3 Å². The number of ether oxygens (including phenoxy) is 1. The third-order valence-electron chi connectivity index (χ3n) is 6.01. The van der Waals surface area contributed by atoms with Gasteiger partial charge in [0, 0.05) is 24.7 Å². The summed E-state index contributed by atoms with van der Waals surface area (Å²) >= 11 is 0. The molecule has 0 atom stereocenters. The number of nitrogens with zero attached hydrogens (tertiary/aromatic N) is 1. The van der Waals surface area contributed by atoms with Crippen molar-refractivity contribution in [2.75, 3.05) is 13.7 Å². The summed E-state index contributed by atoms with van der Waals surface area (Å²) in [6, 6.07) is 15.3. The molecule has 0 unspecified atom stereocenters. The molecule has 0 saturated heterocycles. The van der Waals surface area contributed by atoms with Crippen molar-refractivity contribution in [2.45, 2.75) is 19.9 Å². The minimum atomic E-state index is -0.732. The quantitative estimate of drug-likeness (QED) is 0.327. The Hall–Kier alpha value is -4.86. The van der Waals surface area contributed by atoms with E-state index in [4.69, 9.17) is 13.6 Å². The molecule has 10 nitrogen and oxygen atoms in total. The second-order valence-corrected chi connectivity index (χ2v) is 8.47. The number of aromatic nitrogens is 2. The third-order valence-corrected chi connectivity index (χ3v) is 6.01. The molecular weight excluding hydrogens is 478 g/mol. The number of methoxy groups -OCH3 is 1. The number of carbonyl (C=O) groups excluding carboxylic acids is 1. The zero-order valence-electron chi connectivity index (χ0n) is 20.1. The van der Waals surface area contributed by atoms with E-state index in [-0.39, 0.29) is 42.0 Å². The number of aromatic amines is 1. The monoisotopic (exact) mass is 501 g/mol. The Morgan fingerprint density at radius 1 is 1.03 bits per heavy atom. The molecule has 188 valence electrons. The maximum Gasteiger partial charge on any atom is 0.316 e. The summed E-state index contributed by atoms with van der Waals surface area (Å²) in [6.45, 7) is 1.85. The SMILES string of the molecule is COc1ccc(-c2oc3c(=O)cc(C)oc3c2CC(=O)NCCn2c(=O)c(=O)[nH]c3ccccc32)cc1. The molecule has 0 fully saturated rings. The van der Waals surface area contributed by atoms with Gasteiger partial charge in [0.25, 0.3) is 0 Å². The molecule has 0 bridgehead atoms. The molecular formula is C27H23N3O7. The Bertz CT molecular complexity index is 1810. The first-order chi connectivity index (χ1) is 17.9. The highest BCUT2D eigenvalue weighted by molar-refractivity contribution is 5.90. The van der Waals surface area contributed by atoms with E-state index in [0.29, 0.717) is 39.4 Å². The predicted octanol–water partition coefficient (Wildman–Crippen LogP) is 2.73. The molecule has 3 heterocycles. The van der Waals surface area contributed by atoms with Crippen LogP contribution in [0.3, 0.4) is 0 Å². The average molecular weight is 501 g/mol. The van der Waals surface area contributed by atoms with Crippen molar-refractivity contribution in [3.63, 3.8) is 0 Å². The van der Waals surface area contributed by atoms with Crippen LogP contribution in [-0.4, -0.2) is 29.1 Å². The summed E-state index contributed by atoms with van der Waals surface area (Å²) in [4.78, 5) is 52.5. The Morgan fingerprint density at radius 2 is 1.78 bits per heavy atom. The molecule has 2 N–H and O–H groups in total. The number of hydrogen-bond acceptors (Lipinski definition) is 7. The topological polar surface area (TPSA) is 137 Å². The molecule has 0 radical (unpaired) electrons. The number of fused-ring (bicyclic) bond motifs is 2. The van der Waals surface area contributed by atoms with Crippen LogP contribution in [0.25, 0.3) is 33.5 Å². The van der Waals surface area contributed by atoms with Crippen molar-refractivity contribution >= 4 is 28.1 Å². The molecule has 0 aliphatic carbocycles. The van der Waals surface area contributed by atoms with Crippen molar-refractivity contribution < 1.29 is 18.4 Å². The molecule has 0 aliphatic rings. The Balaban J connectivity index is 1.42. The van der Waals surface area contributed by atoms with Gasteiger partial charge in [-0.25, -0.2) is 0 Å². The summed E-state index contributed by atoms with van der Waals surface area (Å²) in [5, 5.41) is 2.78. The zero-order valence-corrected chi connectivity index (χ0v) is 20.1. The number of amides is 1. The fourth-order valence-electron chi connectivity index (χ4n) is 4.27. The fourth-order valence-corrected chi connectivity index (χ4v) is 4.27. The Morgan fingerprint density at radius 3 is 2.54 bits per heavy atom. The highest BCUT2D eigenvalue weighted by atomic mass is 16.5. The summed E-state index contributed by atoms with van der Waals surface area (Å²) in [7, 11) is 1.56. The lowest BCUT2D eigenvalue weighted by Crippen LogP contribution is -2.39. The van der Waals surface area contributed by atoms with Gasteiger partial charge in [-0.3, -0.25) is 19.2 Å². The molecule has 0 aliphatic heterocycles. The van der Waals surface area contributed by atoms with Crippen molar-refractivity contribution in [2.24, 2.45) is 0 Å². The summed E-state index contributed by atoms with van der Waals surface area (Å²) in [5.41, 5.74) is 0.617. The average Bonchev–Trinajstić information content (AvgIpc) is 3.24. The van der Waals surface area contributed by atoms with Gasteiger partial charge in [0.05, 0.1) is 30.1 Å². The summed E-state index contributed by atoms with van der Waals surface area (Å²) < 4.78 is 18.2. The number of benzene rings is 2. The molecule has 5 rings (SSSR count). The number of rotatable bonds is 7. The second kappa shape index (κ2) is 9.65. The van der Waals surface area contributed by atoms with E-state index in [1.165, 1.54) is 10.6 Å². The first-order valence-corrected chi connectivity index (χ1v) is 11.5. The van der Waals surface area contributed by atoms with Crippen molar-refractivity contribution in [3.05, 3.63) is 96.9 Å². The van der Waals surface area contributed by atoms with Gasteiger partial charge in [0.1, 0.15) is 17.3 Å². The molecule has 0 spiro atoms. The van der Waals surface area contributed by atoms with E-state index < -0.39 is 11.1 Å². The maximum absolute atomic E-state index is 13.0. The number of H-pyrrole nitrogens is 1. The summed E-state index contributed by atoms with van der Waals surface area (Å²) in [6.07, 6.45) is -0.133. The lowest BCUT2D eigenvalue weighted by molar-refractivity contribution is -0.120. The molecule has 3 aromatic heterocycles. The van der Waals surface area contributed by atoms with Crippen molar-refractivity contribution in [1.82, 2.24) is 14.9 Å². The normalized spacial score (nSPS) is 11.2. The van der Waals surface area contributed by atoms with Gasteiger partial charge in [0.2, 0.25) is 16.9 Å². The van der Waals surface area contributed by atoms with Crippen LogP contribution in [-0.2, 0) is 17.8 Å². The second-order valence-electron chi connectivity index (χ2n) is 8.47. The van der Waals surface area contributed by atoms with E-state index in [1.54, 1.807) is 62.6 Å². The van der Waals surface area contributed by atoms with Crippen LogP contribution in [0, 0.1) is 6.92 Å². The minimum absolute atomic E-state index is 0.0285. The standard InChI is InChI=1S/C27H23N3O7/c1-15-13-21(31)25-24(36-15)18(23(37-25)16-7-9-17(35-2)10-8-16)14-22(32)28-11-12-30-20-6-4-3-5-19(20)29-26(33)27(30)34/h3-10,13H,11-12,14H2,1-2H3,(H,28,32)(H,29,33). The van der Waals surface area contributed by atoms with Crippen LogP contribution >= 0.6 is 0 Å². The highest BCUT2D eigenvalue weighted by Crippen LogP contribution is 2.34. The zero-order chi connectivity index (χ0) is 26.1. The fraction of sp³-hybridized carbons (Fsp3) is 0.185. The van der Waals surface area contributed by atoms with E-state index in [2.05, 4.69) is 10.3 Å². The van der Waals surface area contributed by atoms with Gasteiger partial charge in [-0.2, -0.15) is 0 Å². The highest BCUT2D eigenvalue weighted by Gasteiger charge is 2.23. The Labute approximate surface area is 209 Å². The van der Waals surface area contributed by atoms with Crippen LogP contribution < -0.4 is 26.6 Å². The predicted molar refractivity (Wildman–Crippen MR) is 137 cm³/mol. The molecule has 5 aromatic rings. The number of carbonyl (C=O) groups is 1. The van der Waals surface area contributed by atoms with Crippen molar-refractivity contribution in [1.29, 1.82) is 0 Å². The van der Waals surface area contributed by atoms with E-state index in [0.717, 1.165) is 0 Å². The third kappa shape index (κ3) is 4.56. The first-order valence-electron chi connectivity index (χ1n) is 11.5. The number of hydrogen-bond donors (Lipinski definition) is 2. The smallest absolute Gasteiger partial charge is 0.316 e. The Kier molecular flexibility index (Phi) is 6.22. The lowest BCUT2D eigenvalue weighted by atomic mass is 10.1. The number of aryl methyl sites for hydroxylation is 1. The van der Waals surface area contributed by atoms with Gasteiger partial charge >= 0.3 is 11.1 Å². The first kappa shape index (κ1) is 23.9. The van der Waals surface area contributed by atoms with Gasteiger partial charge < -0.3 is 28.4 Å². The minimum Gasteiger partial charge on any atom is -0.497 e. The number of furan rings is 1. The molecule has 37 heavy (non-hydrogen) atoms. The van der Waals surface area contributed by atoms with Gasteiger partial charge in [-0.15, -0.1) is 0 Å². The molecule has 0 saturated carbocycles. The van der Waals surface area contributed by atoms with Gasteiger partial charge in [0.15, 0.2) is 5.58 Å². The molecule has 10 heteroatoms. The maximum atomic E-state index is 13.0. The molecule has 2 aromatic carbocycles. The largest absolute Gasteiger partial charge is 0.497 e.